The molecule has 0 fully saturated rings. The Labute approximate surface area is 102 Å². The van der Waals surface area contributed by atoms with E-state index in [1.54, 1.807) is 0 Å². The molecule has 0 aromatic heterocycles. The average molecular weight is 256 g/mol. The van der Waals surface area contributed by atoms with E-state index in [0.717, 1.165) is 12.8 Å². The van der Waals surface area contributed by atoms with Crippen LogP contribution in [0.2, 0.25) is 0 Å². The van der Waals surface area contributed by atoms with Gasteiger partial charge in [-0.15, -0.1) is 13.2 Å². The predicted molar refractivity (Wildman–Crippen MR) is 60.2 cm³/mol. The molecule has 1 aromatic rings. The molecule has 0 saturated heterocycles. The molecule has 0 aliphatic heterocycles. The Kier molecular flexibility index (Phi) is 3.60. The zero-order chi connectivity index (χ0) is 13.0. The van der Waals surface area contributed by atoms with Crippen molar-refractivity contribution < 1.29 is 22.6 Å². The lowest BCUT2D eigenvalue weighted by molar-refractivity contribution is -0.274. The number of hydrogen-bond donors (Lipinski definition) is 0. The fourth-order valence-electron chi connectivity index (χ4n) is 1.51. The second kappa shape index (κ2) is 5.16. The van der Waals surface area contributed by atoms with Crippen molar-refractivity contribution in [3.8, 4) is 11.5 Å². The highest BCUT2D eigenvalue weighted by Crippen LogP contribution is 2.26. The van der Waals surface area contributed by atoms with Crippen molar-refractivity contribution in [3.63, 3.8) is 0 Å². The molecule has 1 aliphatic rings. The van der Waals surface area contributed by atoms with Crippen LogP contribution in [-0.4, -0.2) is 6.36 Å². The Hall–Kier alpha value is -1.91. The van der Waals surface area contributed by atoms with Gasteiger partial charge in [-0.1, -0.05) is 6.08 Å². The van der Waals surface area contributed by atoms with E-state index < -0.39 is 6.36 Å². The molecule has 0 saturated carbocycles. The number of benzene rings is 1. The van der Waals surface area contributed by atoms with Crippen LogP contribution < -0.4 is 9.47 Å². The third-order valence-corrected chi connectivity index (χ3v) is 2.25. The lowest BCUT2D eigenvalue weighted by Gasteiger charge is -2.11. The van der Waals surface area contributed by atoms with E-state index in [-0.39, 0.29) is 5.75 Å². The summed E-state index contributed by atoms with van der Waals surface area (Å²) < 4.78 is 45.1. The van der Waals surface area contributed by atoms with E-state index in [1.807, 2.05) is 18.2 Å². The Balaban J connectivity index is 1.99. The minimum Gasteiger partial charge on any atom is -0.458 e. The van der Waals surface area contributed by atoms with Gasteiger partial charge >= 0.3 is 6.36 Å². The van der Waals surface area contributed by atoms with Gasteiger partial charge in [0.1, 0.15) is 17.3 Å². The Morgan fingerprint density at radius 3 is 2.17 bits per heavy atom. The van der Waals surface area contributed by atoms with Gasteiger partial charge in [-0.3, -0.25) is 0 Å². The van der Waals surface area contributed by atoms with Crippen molar-refractivity contribution in [2.75, 3.05) is 0 Å². The largest absolute Gasteiger partial charge is 0.573 e. The summed E-state index contributed by atoms with van der Waals surface area (Å²) in [6.07, 6.45) is 2.96. The predicted octanol–water partition coefficient (Wildman–Crippen LogP) is 4.20. The summed E-state index contributed by atoms with van der Waals surface area (Å²) in [7, 11) is 0. The molecule has 96 valence electrons. The summed E-state index contributed by atoms with van der Waals surface area (Å²) in [6.45, 7) is 0. The molecule has 0 spiro atoms. The van der Waals surface area contributed by atoms with Crippen molar-refractivity contribution >= 4 is 0 Å². The Morgan fingerprint density at radius 1 is 0.944 bits per heavy atom. The molecule has 0 bridgehead atoms. The SMILES string of the molecule is FC(F)(F)Oc1ccc(OC2=CCCC=C2)cc1. The molecule has 0 amide bonds. The smallest absolute Gasteiger partial charge is 0.458 e. The fourth-order valence-corrected chi connectivity index (χ4v) is 1.51. The topological polar surface area (TPSA) is 18.5 Å². The van der Waals surface area contributed by atoms with Gasteiger partial charge in [0.05, 0.1) is 0 Å². The van der Waals surface area contributed by atoms with E-state index in [2.05, 4.69) is 4.74 Å². The van der Waals surface area contributed by atoms with Crippen LogP contribution in [0.4, 0.5) is 13.2 Å². The van der Waals surface area contributed by atoms with Crippen LogP contribution >= 0.6 is 0 Å². The fraction of sp³-hybridized carbons (Fsp3) is 0.231. The van der Waals surface area contributed by atoms with Crippen LogP contribution in [0, 0.1) is 0 Å². The maximum atomic E-state index is 11.9. The second-order valence-corrected chi connectivity index (χ2v) is 3.71. The molecule has 1 aliphatic carbocycles. The van der Waals surface area contributed by atoms with Crippen LogP contribution in [0.3, 0.4) is 0 Å². The molecule has 2 rings (SSSR count). The van der Waals surface area contributed by atoms with Crippen molar-refractivity contribution in [3.05, 3.63) is 48.3 Å². The van der Waals surface area contributed by atoms with Crippen LogP contribution in [-0.2, 0) is 0 Å². The molecule has 0 radical (unpaired) electrons. The van der Waals surface area contributed by atoms with Crippen molar-refractivity contribution in [2.45, 2.75) is 19.2 Å². The summed E-state index contributed by atoms with van der Waals surface area (Å²) in [5.74, 6) is 0.913. The highest BCUT2D eigenvalue weighted by atomic mass is 19.4. The normalized spacial score (nSPS) is 15.2. The maximum absolute atomic E-state index is 11.9. The first-order valence-corrected chi connectivity index (χ1v) is 5.43. The third kappa shape index (κ3) is 3.84. The number of ether oxygens (including phenoxy) is 2. The number of halogens is 3. The number of rotatable bonds is 3. The molecule has 0 heterocycles. The summed E-state index contributed by atoms with van der Waals surface area (Å²) in [5.41, 5.74) is 0. The van der Waals surface area contributed by atoms with E-state index >= 15 is 0 Å². The van der Waals surface area contributed by atoms with Gasteiger partial charge in [-0.05, 0) is 49.3 Å². The lowest BCUT2D eigenvalue weighted by Crippen LogP contribution is -2.16. The van der Waals surface area contributed by atoms with Gasteiger partial charge in [0, 0.05) is 0 Å². The first-order chi connectivity index (χ1) is 8.53. The van der Waals surface area contributed by atoms with Gasteiger partial charge < -0.3 is 9.47 Å². The third-order valence-electron chi connectivity index (χ3n) is 2.25. The summed E-state index contributed by atoms with van der Waals surface area (Å²) in [4.78, 5) is 0. The molecule has 0 unspecified atom stereocenters. The molecule has 18 heavy (non-hydrogen) atoms. The second-order valence-electron chi connectivity index (χ2n) is 3.71. The maximum Gasteiger partial charge on any atom is 0.573 e. The zero-order valence-electron chi connectivity index (χ0n) is 9.41. The van der Waals surface area contributed by atoms with Crippen molar-refractivity contribution in [1.29, 1.82) is 0 Å². The molecule has 2 nitrogen and oxygen atoms in total. The molecular weight excluding hydrogens is 245 g/mol. The highest BCUT2D eigenvalue weighted by Gasteiger charge is 2.30. The van der Waals surface area contributed by atoms with Crippen LogP contribution in [0.5, 0.6) is 11.5 Å². The molecule has 0 N–H and O–H groups in total. The lowest BCUT2D eigenvalue weighted by atomic mass is 10.2. The van der Waals surface area contributed by atoms with Gasteiger partial charge in [0.25, 0.3) is 0 Å². The van der Waals surface area contributed by atoms with E-state index in [4.69, 9.17) is 4.74 Å². The van der Waals surface area contributed by atoms with Crippen molar-refractivity contribution in [1.82, 2.24) is 0 Å². The summed E-state index contributed by atoms with van der Waals surface area (Å²) in [6, 6.07) is 5.31. The van der Waals surface area contributed by atoms with E-state index in [0.29, 0.717) is 11.5 Å². The standard InChI is InChI=1S/C13H11F3O2/c14-13(15,16)18-12-8-6-11(7-9-12)17-10-4-2-1-3-5-10/h2,4-9H,1,3H2. The first kappa shape index (κ1) is 12.5. The monoisotopic (exact) mass is 256 g/mol. The molecule has 0 atom stereocenters. The average Bonchev–Trinajstić information content (AvgIpc) is 2.31. The quantitative estimate of drug-likeness (QED) is 0.807. The van der Waals surface area contributed by atoms with Crippen LogP contribution in [0.1, 0.15) is 12.8 Å². The summed E-state index contributed by atoms with van der Waals surface area (Å²) >= 11 is 0. The van der Waals surface area contributed by atoms with E-state index in [1.165, 1.54) is 24.3 Å². The van der Waals surface area contributed by atoms with Crippen LogP contribution in [0.25, 0.3) is 0 Å². The minimum atomic E-state index is -4.67. The van der Waals surface area contributed by atoms with Gasteiger partial charge in [0.15, 0.2) is 0 Å². The Morgan fingerprint density at radius 2 is 1.61 bits per heavy atom. The molecule has 1 aromatic carbocycles. The van der Waals surface area contributed by atoms with Gasteiger partial charge in [-0.25, -0.2) is 0 Å². The molecular formula is C13H11F3O2. The number of alkyl halides is 3. The van der Waals surface area contributed by atoms with Gasteiger partial charge in [0.2, 0.25) is 0 Å². The zero-order valence-corrected chi connectivity index (χ0v) is 9.41. The van der Waals surface area contributed by atoms with Gasteiger partial charge in [-0.2, -0.15) is 0 Å². The highest BCUT2D eigenvalue weighted by molar-refractivity contribution is 5.33. The minimum absolute atomic E-state index is 0.261. The number of allylic oxidation sites excluding steroid dienone is 3. The Bertz CT molecular complexity index is 458. The first-order valence-electron chi connectivity index (χ1n) is 5.43. The number of hydrogen-bond acceptors (Lipinski definition) is 2. The summed E-state index contributed by atoms with van der Waals surface area (Å²) in [5, 5.41) is 0. The van der Waals surface area contributed by atoms with E-state index in [9.17, 15) is 13.2 Å². The molecule has 5 heteroatoms. The van der Waals surface area contributed by atoms with Crippen LogP contribution in [0.15, 0.2) is 48.3 Å². The van der Waals surface area contributed by atoms with Crippen molar-refractivity contribution in [2.24, 2.45) is 0 Å².